The molecule has 0 amide bonds. The summed E-state index contributed by atoms with van der Waals surface area (Å²) in [6.07, 6.45) is -0.176. The van der Waals surface area contributed by atoms with E-state index in [-0.39, 0.29) is 22.8 Å². The second-order valence-electron chi connectivity index (χ2n) is 6.80. The summed E-state index contributed by atoms with van der Waals surface area (Å²) in [6.45, 7) is 11.9. The molecule has 106 valence electrons. The molecule has 0 radical (unpaired) electrons. The third kappa shape index (κ3) is 1.45. The van der Waals surface area contributed by atoms with Gasteiger partial charge in [-0.1, -0.05) is 18.1 Å². The van der Waals surface area contributed by atoms with Crippen molar-refractivity contribution in [1.29, 1.82) is 0 Å². The summed E-state index contributed by atoms with van der Waals surface area (Å²) in [4.78, 5) is 0. The zero-order valence-corrected chi connectivity index (χ0v) is 14.2. The molecule has 0 aromatic carbocycles. The van der Waals surface area contributed by atoms with Crippen LogP contribution in [-0.2, 0) is 13.7 Å². The van der Waals surface area contributed by atoms with E-state index in [0.717, 1.165) is 11.1 Å². The predicted octanol–water partition coefficient (Wildman–Crippen LogP) is 4.30. The lowest BCUT2D eigenvalue weighted by Gasteiger charge is -2.56. The first-order valence-electron chi connectivity index (χ1n) is 6.73. The number of rotatable bonds is 0. The topological polar surface area (TPSA) is 43.4 Å². The fourth-order valence-corrected chi connectivity index (χ4v) is 12.1. The van der Waals surface area contributed by atoms with Crippen molar-refractivity contribution >= 4 is 14.5 Å². The second-order valence-corrected chi connectivity index (χ2v) is 12.3. The van der Waals surface area contributed by atoms with Crippen LogP contribution in [0.15, 0.2) is 22.5 Å². The Morgan fingerprint density at radius 3 is 2.32 bits per heavy atom. The van der Waals surface area contributed by atoms with Gasteiger partial charge in [-0.05, 0) is 38.8 Å². The smallest absolute Gasteiger partial charge is 0.208 e. The van der Waals surface area contributed by atoms with Crippen LogP contribution in [0.1, 0.15) is 27.7 Å². The van der Waals surface area contributed by atoms with Gasteiger partial charge in [0.1, 0.15) is 7.14 Å². The molecule has 3 aliphatic heterocycles. The van der Waals surface area contributed by atoms with Crippen LogP contribution in [0.3, 0.4) is 0 Å². The first-order valence-corrected chi connectivity index (χ1v) is 11.2. The van der Waals surface area contributed by atoms with Crippen molar-refractivity contribution in [2.24, 2.45) is 5.41 Å². The van der Waals surface area contributed by atoms with Gasteiger partial charge in [0.2, 0.25) is 7.37 Å². The molecule has 0 aromatic heterocycles. The van der Waals surface area contributed by atoms with Gasteiger partial charge < -0.3 is 9.09 Å². The highest BCUT2D eigenvalue weighted by Gasteiger charge is 2.67. The Morgan fingerprint density at radius 2 is 1.74 bits per heavy atom. The fourth-order valence-electron chi connectivity index (χ4n) is 4.54. The summed E-state index contributed by atoms with van der Waals surface area (Å²) >= 11 is 0. The van der Waals surface area contributed by atoms with E-state index in [1.807, 2.05) is 26.3 Å². The normalized spacial score (nSPS) is 56.3. The molecule has 0 aromatic rings. The predicted molar refractivity (Wildman–Crippen MR) is 79.7 cm³/mol. The molecular formula is C14H22O3P2. The minimum atomic E-state index is -2.72. The van der Waals surface area contributed by atoms with Gasteiger partial charge >= 0.3 is 0 Å². The van der Waals surface area contributed by atoms with Crippen LogP contribution in [0.2, 0.25) is 0 Å². The highest BCUT2D eigenvalue weighted by atomic mass is 31.2. The van der Waals surface area contributed by atoms with E-state index in [9.17, 15) is 9.13 Å². The lowest BCUT2D eigenvalue weighted by molar-refractivity contribution is 0.0811. The number of fused-ring (bicyclic) bond motifs is 1. The van der Waals surface area contributed by atoms with Crippen molar-refractivity contribution in [3.8, 4) is 0 Å². The molecule has 1 saturated heterocycles. The third-order valence-electron chi connectivity index (χ3n) is 5.59. The van der Waals surface area contributed by atoms with E-state index >= 15 is 0 Å². The van der Waals surface area contributed by atoms with Gasteiger partial charge in [0.15, 0.2) is 0 Å². The molecule has 1 fully saturated rings. The molecule has 1 unspecified atom stereocenters. The van der Waals surface area contributed by atoms with Crippen LogP contribution in [0, 0.1) is 5.41 Å². The Hall–Kier alpha value is -0.100. The van der Waals surface area contributed by atoms with Crippen LogP contribution < -0.4 is 0 Å². The van der Waals surface area contributed by atoms with Crippen molar-refractivity contribution in [2.75, 3.05) is 13.3 Å². The minimum Gasteiger partial charge on any atom is -0.319 e. The largest absolute Gasteiger partial charge is 0.319 e. The molecule has 4 rings (SSSR count). The van der Waals surface area contributed by atoms with Gasteiger partial charge in [-0.25, -0.2) is 0 Å². The summed E-state index contributed by atoms with van der Waals surface area (Å²) < 4.78 is 31.9. The van der Waals surface area contributed by atoms with Crippen molar-refractivity contribution in [3.63, 3.8) is 0 Å². The van der Waals surface area contributed by atoms with Crippen molar-refractivity contribution in [3.05, 3.63) is 22.5 Å². The second kappa shape index (κ2) is 3.56. The highest BCUT2D eigenvalue weighted by Crippen LogP contribution is 2.79. The lowest BCUT2D eigenvalue weighted by atomic mass is 9.67. The highest BCUT2D eigenvalue weighted by molar-refractivity contribution is 7.69. The minimum absolute atomic E-state index is 0.0433. The van der Waals surface area contributed by atoms with Crippen LogP contribution in [0.4, 0.5) is 0 Å². The molecule has 5 heteroatoms. The van der Waals surface area contributed by atoms with Gasteiger partial charge in [-0.2, -0.15) is 0 Å². The molecule has 0 N–H and O–H groups in total. The standard InChI is InChI=1S/C14H22O3P2/c1-8-7-18(5,15)13-11-9(2)10(3)12(14(8,13)4)17-19(11,6)16/h7,11-13H,1-6H3/t11-,12+,13+,14-,18-,19?/m0/s1. The van der Waals surface area contributed by atoms with E-state index in [2.05, 4.69) is 13.8 Å². The summed E-state index contributed by atoms with van der Waals surface area (Å²) in [7, 11) is -5.15. The zero-order chi connectivity index (χ0) is 14.4. The van der Waals surface area contributed by atoms with Crippen molar-refractivity contribution < 1.29 is 13.7 Å². The molecular weight excluding hydrogens is 278 g/mol. The Balaban J connectivity index is 2.33. The maximum atomic E-state index is 13.0. The molecule has 19 heavy (non-hydrogen) atoms. The van der Waals surface area contributed by atoms with Crippen LogP contribution in [-0.4, -0.2) is 30.8 Å². The fraction of sp³-hybridized carbons (Fsp3) is 0.714. The molecule has 1 aliphatic carbocycles. The molecule has 2 bridgehead atoms. The van der Waals surface area contributed by atoms with Gasteiger partial charge in [0, 0.05) is 17.7 Å². The van der Waals surface area contributed by atoms with Gasteiger partial charge in [0.05, 0.1) is 11.8 Å². The van der Waals surface area contributed by atoms with Crippen LogP contribution >= 0.6 is 14.5 Å². The van der Waals surface area contributed by atoms with Gasteiger partial charge in [0.25, 0.3) is 0 Å². The van der Waals surface area contributed by atoms with Gasteiger partial charge in [-0.3, -0.25) is 4.57 Å². The first-order chi connectivity index (χ1) is 8.53. The summed E-state index contributed by atoms with van der Waals surface area (Å²) in [5, 5.41) is 0. The maximum Gasteiger partial charge on any atom is 0.208 e. The Kier molecular flexibility index (Phi) is 2.60. The lowest BCUT2D eigenvalue weighted by Crippen LogP contribution is -2.56. The molecule has 3 heterocycles. The molecule has 0 spiro atoms. The van der Waals surface area contributed by atoms with E-state index in [4.69, 9.17) is 4.52 Å². The zero-order valence-electron chi connectivity index (χ0n) is 12.4. The monoisotopic (exact) mass is 300 g/mol. The SMILES string of the molecule is CC1=C[P@](C)(=O)[C@@H]2[C@@H]3C(C)=C(C)[C@@H](OP3(C)=O)[C@]12C. The van der Waals surface area contributed by atoms with Crippen LogP contribution in [0.25, 0.3) is 0 Å². The maximum absolute atomic E-state index is 13.0. The summed E-state index contributed by atoms with van der Waals surface area (Å²) in [5.74, 6) is 1.94. The summed E-state index contributed by atoms with van der Waals surface area (Å²) in [5.41, 5.74) is 3.01. The van der Waals surface area contributed by atoms with E-state index in [1.54, 1.807) is 6.66 Å². The number of hydrogen-bond acceptors (Lipinski definition) is 3. The van der Waals surface area contributed by atoms with Crippen molar-refractivity contribution in [1.82, 2.24) is 0 Å². The van der Waals surface area contributed by atoms with Gasteiger partial charge in [-0.15, -0.1) is 0 Å². The Bertz CT molecular complexity index is 631. The summed E-state index contributed by atoms with van der Waals surface area (Å²) in [6, 6.07) is 0. The van der Waals surface area contributed by atoms with Crippen LogP contribution in [0.5, 0.6) is 0 Å². The molecule has 6 atom stereocenters. The average Bonchev–Trinajstić information content (AvgIpc) is 2.43. The number of allylic oxidation sites excluding steroid dienone is 1. The number of hydrogen-bond donors (Lipinski definition) is 0. The molecule has 3 nitrogen and oxygen atoms in total. The molecule has 4 aliphatic rings. The van der Waals surface area contributed by atoms with E-state index in [1.165, 1.54) is 5.57 Å². The first kappa shape index (κ1) is 13.9. The quantitative estimate of drug-likeness (QED) is 0.495. The Labute approximate surface area is 115 Å². The molecule has 0 saturated carbocycles. The average molecular weight is 300 g/mol. The third-order valence-corrected chi connectivity index (χ3v) is 11.0. The van der Waals surface area contributed by atoms with E-state index < -0.39 is 14.5 Å². The Morgan fingerprint density at radius 1 is 1.16 bits per heavy atom. The van der Waals surface area contributed by atoms with Crippen molar-refractivity contribution in [2.45, 2.75) is 45.1 Å². The van der Waals surface area contributed by atoms with E-state index in [0.29, 0.717) is 0 Å².